The summed E-state index contributed by atoms with van der Waals surface area (Å²) in [7, 11) is 0. The highest BCUT2D eigenvalue weighted by Crippen LogP contribution is 2.32. The number of nitrogens with zero attached hydrogens (tertiary/aromatic N) is 6. The Labute approximate surface area is 173 Å². The zero-order valence-corrected chi connectivity index (χ0v) is 17.2. The van der Waals surface area contributed by atoms with Crippen molar-refractivity contribution in [1.82, 2.24) is 24.7 Å². The van der Waals surface area contributed by atoms with E-state index in [4.69, 9.17) is 5.26 Å². The van der Waals surface area contributed by atoms with Gasteiger partial charge in [-0.25, -0.2) is 4.99 Å². The number of aromatic hydroxyl groups is 1. The average Bonchev–Trinajstić information content (AvgIpc) is 3.25. The van der Waals surface area contributed by atoms with E-state index in [2.05, 4.69) is 31.1 Å². The highest BCUT2D eigenvalue weighted by molar-refractivity contribution is 6.13. The molecule has 0 saturated heterocycles. The third kappa shape index (κ3) is 3.31. The molecular formula is C22H21N7O. The standard InChI is InChI=1S/C22H21N7O/c1-12-5-6-24-10-17(12)18-8-16-19(11-25-18)27-22(30)21(16)15(4)26-20-7-13(2)29(28-20)14(3)9-23/h5-8,10-11,14,27,30H,1-4H3/t14-/m0/s1. The fraction of sp³-hybridized carbons (Fsp3) is 0.227. The molecule has 0 aliphatic heterocycles. The maximum Gasteiger partial charge on any atom is 0.198 e. The number of nitrogens with one attached hydrogen (secondary N) is 1. The molecule has 0 radical (unpaired) electrons. The SMILES string of the molecule is CC(=Nc1cc(C)n([C@@H](C)C#N)n1)c1c(O)[nH]c2cnc(-c3cnccc3C)cc12. The fourth-order valence-corrected chi connectivity index (χ4v) is 3.53. The van der Waals surface area contributed by atoms with Gasteiger partial charge in [0.25, 0.3) is 0 Å². The van der Waals surface area contributed by atoms with Crippen molar-refractivity contribution in [1.29, 1.82) is 5.26 Å². The van der Waals surface area contributed by atoms with Gasteiger partial charge in [0, 0.05) is 35.1 Å². The predicted octanol–water partition coefficient (Wildman–Crippen LogP) is 4.37. The lowest BCUT2D eigenvalue weighted by Gasteiger charge is -2.05. The molecule has 4 aromatic heterocycles. The Morgan fingerprint density at radius 1 is 1.30 bits per heavy atom. The third-order valence-electron chi connectivity index (χ3n) is 5.09. The summed E-state index contributed by atoms with van der Waals surface area (Å²) >= 11 is 0. The molecule has 0 saturated carbocycles. The molecule has 1 atom stereocenters. The Kier molecular flexibility index (Phi) is 4.80. The Morgan fingerprint density at radius 2 is 2.10 bits per heavy atom. The molecule has 0 amide bonds. The van der Waals surface area contributed by atoms with Crippen LogP contribution >= 0.6 is 0 Å². The maximum absolute atomic E-state index is 10.5. The molecule has 0 fully saturated rings. The molecule has 0 aliphatic carbocycles. The lowest BCUT2D eigenvalue weighted by Crippen LogP contribution is -2.06. The first kappa shape index (κ1) is 19.3. The monoisotopic (exact) mass is 399 g/mol. The molecule has 4 aromatic rings. The number of hydrogen-bond donors (Lipinski definition) is 2. The van der Waals surface area contributed by atoms with Gasteiger partial charge in [0.15, 0.2) is 11.7 Å². The van der Waals surface area contributed by atoms with Crippen LogP contribution in [0.15, 0.2) is 41.8 Å². The van der Waals surface area contributed by atoms with Crippen LogP contribution in [-0.2, 0) is 0 Å². The van der Waals surface area contributed by atoms with Crippen molar-refractivity contribution in [3.05, 3.63) is 53.6 Å². The minimum atomic E-state index is -0.382. The summed E-state index contributed by atoms with van der Waals surface area (Å²) in [4.78, 5) is 16.3. The first-order valence-corrected chi connectivity index (χ1v) is 9.52. The number of hydrogen-bond acceptors (Lipinski definition) is 6. The number of H-pyrrole nitrogens is 1. The number of nitriles is 1. The molecule has 4 rings (SSSR count). The van der Waals surface area contributed by atoms with E-state index in [9.17, 15) is 5.11 Å². The van der Waals surface area contributed by atoms with Crippen LogP contribution in [0.5, 0.6) is 5.88 Å². The predicted molar refractivity (Wildman–Crippen MR) is 115 cm³/mol. The summed E-state index contributed by atoms with van der Waals surface area (Å²) in [5.41, 5.74) is 5.52. The first-order valence-electron chi connectivity index (χ1n) is 9.52. The number of rotatable bonds is 4. The minimum absolute atomic E-state index is 0.0228. The van der Waals surface area contributed by atoms with Crippen LogP contribution in [0.3, 0.4) is 0 Å². The minimum Gasteiger partial charge on any atom is -0.494 e. The molecule has 0 aromatic carbocycles. The van der Waals surface area contributed by atoms with E-state index < -0.39 is 0 Å². The topological polar surface area (TPSA) is 116 Å². The Balaban J connectivity index is 1.81. The van der Waals surface area contributed by atoms with E-state index in [1.807, 2.05) is 39.0 Å². The summed E-state index contributed by atoms with van der Waals surface area (Å²) in [5, 5.41) is 24.9. The van der Waals surface area contributed by atoms with E-state index in [1.54, 1.807) is 30.2 Å². The van der Waals surface area contributed by atoms with Crippen LogP contribution < -0.4 is 0 Å². The second-order valence-corrected chi connectivity index (χ2v) is 7.25. The van der Waals surface area contributed by atoms with Crippen molar-refractivity contribution in [2.75, 3.05) is 0 Å². The summed E-state index contributed by atoms with van der Waals surface area (Å²) in [6, 6.07) is 7.46. The summed E-state index contributed by atoms with van der Waals surface area (Å²) in [6.07, 6.45) is 5.22. The number of aromatic nitrogens is 5. The number of aliphatic imine (C=N–C) groups is 1. The van der Waals surface area contributed by atoms with Gasteiger partial charge in [-0.2, -0.15) is 10.4 Å². The molecule has 4 heterocycles. The van der Waals surface area contributed by atoms with Crippen molar-refractivity contribution >= 4 is 22.4 Å². The smallest absolute Gasteiger partial charge is 0.198 e. The third-order valence-corrected chi connectivity index (χ3v) is 5.09. The summed E-state index contributed by atoms with van der Waals surface area (Å²) in [6.45, 7) is 7.49. The van der Waals surface area contributed by atoms with E-state index in [1.165, 1.54) is 0 Å². The second-order valence-electron chi connectivity index (χ2n) is 7.25. The van der Waals surface area contributed by atoms with Crippen molar-refractivity contribution in [2.24, 2.45) is 4.99 Å². The van der Waals surface area contributed by atoms with Crippen LogP contribution in [0.25, 0.3) is 22.2 Å². The van der Waals surface area contributed by atoms with Crippen molar-refractivity contribution in [3.8, 4) is 23.2 Å². The van der Waals surface area contributed by atoms with Gasteiger partial charge in [0.2, 0.25) is 0 Å². The Morgan fingerprint density at radius 3 is 2.83 bits per heavy atom. The molecule has 0 aliphatic rings. The van der Waals surface area contributed by atoms with Gasteiger partial charge in [0.05, 0.1) is 34.8 Å². The first-order chi connectivity index (χ1) is 14.4. The number of fused-ring (bicyclic) bond motifs is 1. The molecule has 0 spiro atoms. The van der Waals surface area contributed by atoms with Gasteiger partial charge in [-0.15, -0.1) is 0 Å². The summed E-state index contributed by atoms with van der Waals surface area (Å²) in [5.74, 6) is 0.507. The second kappa shape index (κ2) is 7.44. The zero-order valence-electron chi connectivity index (χ0n) is 17.2. The molecule has 0 unspecified atom stereocenters. The van der Waals surface area contributed by atoms with Gasteiger partial charge in [0.1, 0.15) is 6.04 Å². The van der Waals surface area contributed by atoms with Gasteiger partial charge >= 0.3 is 0 Å². The lowest BCUT2D eigenvalue weighted by atomic mass is 10.0. The highest BCUT2D eigenvalue weighted by atomic mass is 16.3. The largest absolute Gasteiger partial charge is 0.494 e. The quantitative estimate of drug-likeness (QED) is 0.494. The lowest BCUT2D eigenvalue weighted by molar-refractivity contribution is 0.457. The molecule has 30 heavy (non-hydrogen) atoms. The zero-order chi connectivity index (χ0) is 21.4. The number of pyridine rings is 2. The average molecular weight is 399 g/mol. The van der Waals surface area contributed by atoms with Crippen LogP contribution in [0.4, 0.5) is 5.82 Å². The van der Waals surface area contributed by atoms with Gasteiger partial charge < -0.3 is 10.1 Å². The molecule has 2 N–H and O–H groups in total. The van der Waals surface area contributed by atoms with Crippen LogP contribution in [0, 0.1) is 25.2 Å². The van der Waals surface area contributed by atoms with Crippen LogP contribution in [-0.4, -0.2) is 35.6 Å². The molecule has 8 nitrogen and oxygen atoms in total. The highest BCUT2D eigenvalue weighted by Gasteiger charge is 2.17. The number of aryl methyl sites for hydroxylation is 2. The van der Waals surface area contributed by atoms with Crippen LogP contribution in [0.1, 0.15) is 36.7 Å². The summed E-state index contributed by atoms with van der Waals surface area (Å²) < 4.78 is 1.63. The normalized spacial score (nSPS) is 12.8. The van der Waals surface area contributed by atoms with E-state index in [0.29, 0.717) is 22.6 Å². The van der Waals surface area contributed by atoms with Gasteiger partial charge in [-0.1, -0.05) is 0 Å². The van der Waals surface area contributed by atoms with Crippen molar-refractivity contribution < 1.29 is 5.11 Å². The molecular weight excluding hydrogens is 378 g/mol. The fourth-order valence-electron chi connectivity index (χ4n) is 3.53. The van der Waals surface area contributed by atoms with Gasteiger partial charge in [-0.05, 0) is 45.4 Å². The van der Waals surface area contributed by atoms with E-state index in [0.717, 1.165) is 27.9 Å². The molecule has 150 valence electrons. The molecule has 0 bridgehead atoms. The maximum atomic E-state index is 10.5. The van der Waals surface area contributed by atoms with Crippen molar-refractivity contribution in [2.45, 2.75) is 33.7 Å². The van der Waals surface area contributed by atoms with Crippen molar-refractivity contribution in [3.63, 3.8) is 0 Å². The van der Waals surface area contributed by atoms with Crippen LogP contribution in [0.2, 0.25) is 0 Å². The number of aromatic amines is 1. The van der Waals surface area contributed by atoms with Gasteiger partial charge in [-0.3, -0.25) is 14.6 Å². The Hall–Kier alpha value is -3.99. The van der Waals surface area contributed by atoms with E-state index >= 15 is 0 Å². The Bertz CT molecular complexity index is 1320. The van der Waals surface area contributed by atoms with E-state index in [-0.39, 0.29) is 11.9 Å². The molecule has 8 heteroatoms.